The zero-order valence-corrected chi connectivity index (χ0v) is 27.2. The van der Waals surface area contributed by atoms with Crippen LogP contribution in [0.25, 0.3) is 0 Å². The molecule has 0 saturated carbocycles. The van der Waals surface area contributed by atoms with Crippen molar-refractivity contribution in [3.63, 3.8) is 0 Å². The second-order valence-electron chi connectivity index (χ2n) is 10.5. The number of nitrogens with zero attached hydrogens (tertiary/aromatic N) is 2. The minimum absolute atomic E-state index is 0.0810. The van der Waals surface area contributed by atoms with Crippen molar-refractivity contribution in [2.75, 3.05) is 17.9 Å². The van der Waals surface area contributed by atoms with Gasteiger partial charge in [-0.05, 0) is 73.4 Å². The topological polar surface area (TPSA) is 86.8 Å². The molecule has 0 heterocycles. The molecule has 0 aliphatic rings. The Balaban J connectivity index is 1.82. The fraction of sp³-hybridized carbons (Fsp3) is 0.235. The molecule has 224 valence electrons. The van der Waals surface area contributed by atoms with Gasteiger partial charge in [0, 0.05) is 24.5 Å². The van der Waals surface area contributed by atoms with Crippen molar-refractivity contribution in [1.82, 2.24) is 10.2 Å². The molecule has 4 aromatic carbocycles. The summed E-state index contributed by atoms with van der Waals surface area (Å²) in [5.74, 6) is -0.840. The van der Waals surface area contributed by atoms with Gasteiger partial charge < -0.3 is 10.2 Å². The predicted octanol–water partition coefficient (Wildman–Crippen LogP) is 5.96. The molecule has 0 fully saturated rings. The number of carbonyl (C=O) groups is 2. The Bertz CT molecular complexity index is 1690. The van der Waals surface area contributed by atoms with Gasteiger partial charge in [0.1, 0.15) is 12.6 Å². The van der Waals surface area contributed by atoms with Crippen LogP contribution in [0.3, 0.4) is 0 Å². The highest BCUT2D eigenvalue weighted by Gasteiger charge is 2.35. The maximum absolute atomic E-state index is 14.4. The quantitative estimate of drug-likeness (QED) is 0.215. The molecule has 0 aliphatic carbocycles. The predicted molar refractivity (Wildman–Crippen MR) is 174 cm³/mol. The zero-order chi connectivity index (χ0) is 31.1. The summed E-state index contributed by atoms with van der Waals surface area (Å²) in [5.41, 5.74) is 4.65. The van der Waals surface area contributed by atoms with Crippen LogP contribution in [0.5, 0.6) is 0 Å². The van der Waals surface area contributed by atoms with E-state index in [4.69, 9.17) is 0 Å². The molecule has 2 amide bonds. The Morgan fingerprint density at radius 2 is 1.49 bits per heavy atom. The van der Waals surface area contributed by atoms with Gasteiger partial charge in [0.15, 0.2) is 0 Å². The van der Waals surface area contributed by atoms with Crippen LogP contribution in [-0.4, -0.2) is 44.8 Å². The molecule has 0 spiro atoms. The second kappa shape index (κ2) is 14.0. The summed E-state index contributed by atoms with van der Waals surface area (Å²) in [5, 5.41) is 2.71. The number of hydrogen-bond donors (Lipinski definition) is 1. The van der Waals surface area contributed by atoms with Crippen LogP contribution >= 0.6 is 15.9 Å². The summed E-state index contributed by atoms with van der Waals surface area (Å²) in [6.45, 7) is 5.24. The van der Waals surface area contributed by atoms with Crippen molar-refractivity contribution >= 4 is 43.5 Å². The van der Waals surface area contributed by atoms with Crippen LogP contribution in [0.4, 0.5) is 5.69 Å². The number of nitrogens with one attached hydrogen (secondary N) is 1. The Kier molecular flexibility index (Phi) is 10.4. The van der Waals surface area contributed by atoms with Gasteiger partial charge in [0.25, 0.3) is 10.0 Å². The summed E-state index contributed by atoms with van der Waals surface area (Å²) in [4.78, 5) is 29.4. The number of benzene rings is 4. The molecule has 43 heavy (non-hydrogen) atoms. The van der Waals surface area contributed by atoms with Gasteiger partial charge >= 0.3 is 0 Å². The Morgan fingerprint density at radius 1 is 0.837 bits per heavy atom. The highest BCUT2D eigenvalue weighted by atomic mass is 79.9. The van der Waals surface area contributed by atoms with Crippen molar-refractivity contribution in [1.29, 1.82) is 0 Å². The minimum atomic E-state index is -4.15. The highest BCUT2D eigenvalue weighted by molar-refractivity contribution is 9.10. The third kappa shape index (κ3) is 7.72. The van der Waals surface area contributed by atoms with E-state index < -0.39 is 28.5 Å². The second-order valence-corrected chi connectivity index (χ2v) is 13.3. The number of amides is 2. The van der Waals surface area contributed by atoms with Crippen LogP contribution in [-0.2, 0) is 32.6 Å². The van der Waals surface area contributed by atoms with E-state index in [0.717, 1.165) is 32.3 Å². The summed E-state index contributed by atoms with van der Waals surface area (Å²) >= 11 is 3.49. The van der Waals surface area contributed by atoms with Crippen LogP contribution in [0, 0.1) is 20.8 Å². The maximum Gasteiger partial charge on any atom is 0.264 e. The van der Waals surface area contributed by atoms with Gasteiger partial charge in [0.2, 0.25) is 11.8 Å². The first-order valence-corrected chi connectivity index (χ1v) is 16.2. The van der Waals surface area contributed by atoms with E-state index in [2.05, 4.69) is 21.2 Å². The molecule has 7 nitrogen and oxygen atoms in total. The molecule has 1 atom stereocenters. The normalized spacial score (nSPS) is 11.9. The van der Waals surface area contributed by atoms with Crippen molar-refractivity contribution < 1.29 is 18.0 Å². The highest BCUT2D eigenvalue weighted by Crippen LogP contribution is 2.29. The van der Waals surface area contributed by atoms with E-state index in [0.29, 0.717) is 5.69 Å². The third-order valence-corrected chi connectivity index (χ3v) is 9.76. The van der Waals surface area contributed by atoms with E-state index in [1.54, 1.807) is 36.4 Å². The third-order valence-electron chi connectivity index (χ3n) is 7.49. The lowest BCUT2D eigenvalue weighted by Gasteiger charge is -2.34. The molecule has 0 aliphatic heterocycles. The number of halogens is 1. The molecule has 1 N–H and O–H groups in total. The summed E-state index contributed by atoms with van der Waals surface area (Å²) < 4.78 is 30.4. The fourth-order valence-corrected chi connectivity index (χ4v) is 6.83. The number of likely N-dealkylation sites (N-methyl/N-ethyl adjacent to an activating group) is 1. The number of rotatable bonds is 11. The number of sulfonamides is 1. The largest absolute Gasteiger partial charge is 0.357 e. The lowest BCUT2D eigenvalue weighted by molar-refractivity contribution is -0.139. The van der Waals surface area contributed by atoms with E-state index in [9.17, 15) is 18.0 Å². The standard InChI is InChI=1S/C34H36BrN3O4S/c1-24-16-18-30(19-17-24)43(41,42)38(31-15-8-10-25(2)26(31)3)23-33(39)37(22-28-13-9-14-29(35)20-28)32(34(40)36-4)21-27-11-6-5-7-12-27/h5-20,32H,21-23H2,1-4H3,(H,36,40)/t32-/m1/s1. The number of carbonyl (C=O) groups excluding carboxylic acids is 2. The molecule has 4 rings (SSSR count). The van der Waals surface area contributed by atoms with Crippen LogP contribution in [0.1, 0.15) is 27.8 Å². The van der Waals surface area contributed by atoms with Gasteiger partial charge in [-0.3, -0.25) is 13.9 Å². The van der Waals surface area contributed by atoms with Crippen LogP contribution < -0.4 is 9.62 Å². The van der Waals surface area contributed by atoms with Crippen molar-refractivity contribution in [3.8, 4) is 0 Å². The average molecular weight is 663 g/mol. The fourth-order valence-electron chi connectivity index (χ4n) is 4.91. The Labute approximate surface area is 262 Å². The van der Waals surface area contributed by atoms with E-state index in [-0.39, 0.29) is 23.8 Å². The molecule has 0 bridgehead atoms. The molecule has 0 unspecified atom stereocenters. The first-order valence-electron chi connectivity index (χ1n) is 14.0. The molecule has 9 heteroatoms. The van der Waals surface area contributed by atoms with Crippen LogP contribution in [0.2, 0.25) is 0 Å². The first-order chi connectivity index (χ1) is 20.5. The van der Waals surface area contributed by atoms with Gasteiger partial charge in [0.05, 0.1) is 10.6 Å². The molecule has 0 aromatic heterocycles. The molecular formula is C34H36BrN3O4S. The van der Waals surface area contributed by atoms with Crippen molar-refractivity contribution in [2.45, 2.75) is 44.7 Å². The van der Waals surface area contributed by atoms with Crippen LogP contribution in [0.15, 0.2) is 106 Å². The molecule has 0 saturated heterocycles. The van der Waals surface area contributed by atoms with E-state index in [1.807, 2.05) is 81.4 Å². The lowest BCUT2D eigenvalue weighted by atomic mass is 10.0. The minimum Gasteiger partial charge on any atom is -0.357 e. The van der Waals surface area contributed by atoms with Crippen molar-refractivity contribution in [2.24, 2.45) is 0 Å². The van der Waals surface area contributed by atoms with Gasteiger partial charge in [-0.25, -0.2) is 8.42 Å². The summed E-state index contributed by atoms with van der Waals surface area (Å²) in [7, 11) is -2.62. The number of hydrogen-bond acceptors (Lipinski definition) is 4. The van der Waals surface area contributed by atoms with Gasteiger partial charge in [-0.15, -0.1) is 0 Å². The summed E-state index contributed by atoms with van der Waals surface area (Å²) in [6, 6.07) is 28.0. The Morgan fingerprint density at radius 3 is 2.14 bits per heavy atom. The first kappa shape index (κ1) is 32.0. The Hall–Kier alpha value is -3.95. The van der Waals surface area contributed by atoms with Gasteiger partial charge in [-0.1, -0.05) is 88.2 Å². The zero-order valence-electron chi connectivity index (χ0n) is 24.7. The van der Waals surface area contributed by atoms with E-state index >= 15 is 0 Å². The van der Waals surface area contributed by atoms with Gasteiger partial charge in [-0.2, -0.15) is 0 Å². The molecule has 0 radical (unpaired) electrons. The van der Waals surface area contributed by atoms with E-state index in [1.165, 1.54) is 16.3 Å². The maximum atomic E-state index is 14.4. The monoisotopic (exact) mass is 661 g/mol. The smallest absolute Gasteiger partial charge is 0.264 e. The summed E-state index contributed by atoms with van der Waals surface area (Å²) in [6.07, 6.45) is 0.258. The number of anilines is 1. The molecule has 4 aromatic rings. The lowest BCUT2D eigenvalue weighted by Crippen LogP contribution is -2.53. The van der Waals surface area contributed by atoms with Crippen molar-refractivity contribution in [3.05, 3.63) is 129 Å². The number of aryl methyl sites for hydroxylation is 2. The average Bonchev–Trinajstić information content (AvgIpc) is 2.99. The SMILES string of the molecule is CNC(=O)[C@@H](Cc1ccccc1)N(Cc1cccc(Br)c1)C(=O)CN(c1cccc(C)c1C)S(=O)(=O)c1ccc(C)cc1. The molecular weight excluding hydrogens is 626 g/mol.